The van der Waals surface area contributed by atoms with Gasteiger partial charge in [0.05, 0.1) is 18.9 Å². The van der Waals surface area contributed by atoms with Gasteiger partial charge in [0, 0.05) is 24.1 Å². The van der Waals surface area contributed by atoms with Crippen molar-refractivity contribution in [3.63, 3.8) is 0 Å². The van der Waals surface area contributed by atoms with Crippen molar-refractivity contribution in [3.05, 3.63) is 47.2 Å². The van der Waals surface area contributed by atoms with Crippen LogP contribution in [0.15, 0.2) is 41.6 Å². The van der Waals surface area contributed by atoms with Crippen molar-refractivity contribution in [3.8, 4) is 0 Å². The lowest BCUT2D eigenvalue weighted by Gasteiger charge is -2.33. The summed E-state index contributed by atoms with van der Waals surface area (Å²) in [5, 5.41) is 8.35. The molecule has 1 saturated heterocycles. The number of allylic oxidation sites excluding steroid dienone is 1. The molecule has 1 aliphatic heterocycles. The molecule has 0 radical (unpaired) electrons. The van der Waals surface area contributed by atoms with Crippen LogP contribution in [-0.4, -0.2) is 24.7 Å². The molecule has 1 aromatic rings. The molecule has 0 amide bonds. The van der Waals surface area contributed by atoms with Gasteiger partial charge in [-0.2, -0.15) is 0 Å². The van der Waals surface area contributed by atoms with E-state index in [0.29, 0.717) is 25.3 Å². The van der Waals surface area contributed by atoms with Gasteiger partial charge in [0.25, 0.3) is 0 Å². The number of benzene rings is 1. The van der Waals surface area contributed by atoms with Gasteiger partial charge in [0.2, 0.25) is 0 Å². The fourth-order valence-corrected chi connectivity index (χ4v) is 2.72. The highest BCUT2D eigenvalue weighted by Crippen LogP contribution is 2.38. The first-order valence-corrected chi connectivity index (χ1v) is 6.60. The summed E-state index contributed by atoms with van der Waals surface area (Å²) in [4.78, 5) is 0. The molecule has 1 heterocycles. The third kappa shape index (κ3) is 2.29. The Morgan fingerprint density at radius 3 is 2.53 bits per heavy atom. The van der Waals surface area contributed by atoms with E-state index in [9.17, 15) is 0 Å². The molecule has 4 heteroatoms. The average Bonchev–Trinajstić information content (AvgIpc) is 2.90. The van der Waals surface area contributed by atoms with Gasteiger partial charge in [0.1, 0.15) is 0 Å². The number of nitrogens with one attached hydrogen (secondary N) is 1. The highest BCUT2D eigenvalue weighted by molar-refractivity contribution is 6.11. The van der Waals surface area contributed by atoms with Crippen LogP contribution in [-0.2, 0) is 9.47 Å². The summed E-state index contributed by atoms with van der Waals surface area (Å²) in [5.41, 5.74) is 9.11. The van der Waals surface area contributed by atoms with Crippen LogP contribution in [0.2, 0.25) is 0 Å². The third-order valence-electron chi connectivity index (χ3n) is 3.79. The molecule has 2 aliphatic rings. The molecular weight excluding hydrogens is 240 g/mol. The van der Waals surface area contributed by atoms with Gasteiger partial charge in [-0.25, -0.2) is 0 Å². The third-order valence-corrected chi connectivity index (χ3v) is 3.79. The lowest BCUT2D eigenvalue weighted by molar-refractivity contribution is -0.162. The Balaban J connectivity index is 1.88. The highest BCUT2D eigenvalue weighted by atomic mass is 16.7. The van der Waals surface area contributed by atoms with Crippen molar-refractivity contribution in [2.45, 2.75) is 25.0 Å². The molecule has 100 valence electrons. The van der Waals surface area contributed by atoms with Crippen LogP contribution in [0.4, 0.5) is 0 Å². The van der Waals surface area contributed by atoms with E-state index < -0.39 is 5.79 Å². The predicted octanol–water partition coefficient (Wildman–Crippen LogP) is 2.19. The Morgan fingerprint density at radius 1 is 1.16 bits per heavy atom. The van der Waals surface area contributed by atoms with Gasteiger partial charge >= 0.3 is 0 Å². The van der Waals surface area contributed by atoms with E-state index >= 15 is 0 Å². The van der Waals surface area contributed by atoms with E-state index in [2.05, 4.69) is 0 Å². The minimum Gasteiger partial charge on any atom is -0.402 e. The van der Waals surface area contributed by atoms with Crippen molar-refractivity contribution >= 4 is 5.71 Å². The molecular formula is C15H18N2O2. The maximum atomic E-state index is 8.35. The molecule has 1 aromatic carbocycles. The summed E-state index contributed by atoms with van der Waals surface area (Å²) in [7, 11) is 0. The summed E-state index contributed by atoms with van der Waals surface area (Å²) in [6.07, 6.45) is 2.08. The Bertz CT molecular complexity index is 516. The molecule has 3 N–H and O–H groups in total. The van der Waals surface area contributed by atoms with Crippen molar-refractivity contribution < 1.29 is 9.47 Å². The monoisotopic (exact) mass is 258 g/mol. The summed E-state index contributed by atoms with van der Waals surface area (Å²) in [6.45, 7) is 1.26. The van der Waals surface area contributed by atoms with Gasteiger partial charge in [-0.1, -0.05) is 30.3 Å². The van der Waals surface area contributed by atoms with Gasteiger partial charge in [-0.05, 0) is 12.0 Å². The van der Waals surface area contributed by atoms with Crippen LogP contribution >= 0.6 is 0 Å². The first kappa shape index (κ1) is 12.4. The van der Waals surface area contributed by atoms with Crippen LogP contribution in [0.25, 0.3) is 0 Å². The van der Waals surface area contributed by atoms with E-state index in [-0.39, 0.29) is 0 Å². The van der Waals surface area contributed by atoms with Crippen molar-refractivity contribution in [1.82, 2.24) is 0 Å². The number of hydrogen-bond acceptors (Lipinski definition) is 4. The molecule has 19 heavy (non-hydrogen) atoms. The molecule has 0 aromatic heterocycles. The van der Waals surface area contributed by atoms with Crippen molar-refractivity contribution in [2.75, 3.05) is 13.2 Å². The fraction of sp³-hybridized carbons (Fsp3) is 0.400. The minimum absolute atomic E-state index is 0.483. The zero-order chi connectivity index (χ0) is 13.3. The van der Waals surface area contributed by atoms with Crippen LogP contribution in [0.5, 0.6) is 0 Å². The van der Waals surface area contributed by atoms with Gasteiger partial charge in [-0.3, -0.25) is 5.41 Å². The molecule has 4 nitrogen and oxygen atoms in total. The van der Waals surface area contributed by atoms with Crippen LogP contribution < -0.4 is 5.73 Å². The average molecular weight is 258 g/mol. The second-order valence-electron chi connectivity index (χ2n) is 5.03. The molecule has 1 spiro atoms. The first-order valence-electron chi connectivity index (χ1n) is 6.60. The maximum Gasteiger partial charge on any atom is 0.173 e. The van der Waals surface area contributed by atoms with Crippen LogP contribution in [0.3, 0.4) is 0 Å². The molecule has 0 bridgehead atoms. The van der Waals surface area contributed by atoms with Gasteiger partial charge in [0.15, 0.2) is 5.79 Å². The molecule has 0 unspecified atom stereocenters. The Labute approximate surface area is 112 Å². The van der Waals surface area contributed by atoms with E-state index in [1.807, 2.05) is 30.3 Å². The lowest BCUT2D eigenvalue weighted by Crippen LogP contribution is -2.36. The summed E-state index contributed by atoms with van der Waals surface area (Å²) >= 11 is 0. The molecule has 0 saturated carbocycles. The summed E-state index contributed by atoms with van der Waals surface area (Å²) in [5.74, 6) is -0.542. The maximum absolute atomic E-state index is 8.35. The quantitative estimate of drug-likeness (QED) is 0.799. The fourth-order valence-electron chi connectivity index (χ4n) is 2.72. The molecule has 0 atom stereocenters. The second-order valence-corrected chi connectivity index (χ2v) is 5.03. The van der Waals surface area contributed by atoms with E-state index in [4.69, 9.17) is 20.6 Å². The zero-order valence-corrected chi connectivity index (χ0v) is 10.8. The second kappa shape index (κ2) is 4.79. The molecule has 1 aliphatic carbocycles. The predicted molar refractivity (Wildman–Crippen MR) is 73.0 cm³/mol. The SMILES string of the molecule is N=C(C1=C(N)CCC2(C1)OCCO2)c1ccccc1. The van der Waals surface area contributed by atoms with Gasteiger partial charge in [-0.15, -0.1) is 0 Å². The lowest BCUT2D eigenvalue weighted by atomic mass is 9.86. The largest absolute Gasteiger partial charge is 0.402 e. The summed E-state index contributed by atoms with van der Waals surface area (Å²) < 4.78 is 11.5. The van der Waals surface area contributed by atoms with Gasteiger partial charge < -0.3 is 15.2 Å². The smallest absolute Gasteiger partial charge is 0.173 e. The number of nitrogens with two attached hydrogens (primary N) is 1. The van der Waals surface area contributed by atoms with Crippen LogP contribution in [0.1, 0.15) is 24.8 Å². The van der Waals surface area contributed by atoms with Crippen LogP contribution in [0, 0.1) is 5.41 Å². The Hall–Kier alpha value is -1.65. The zero-order valence-electron chi connectivity index (χ0n) is 10.8. The van der Waals surface area contributed by atoms with Crippen molar-refractivity contribution in [2.24, 2.45) is 5.73 Å². The Morgan fingerprint density at radius 2 is 1.84 bits per heavy atom. The molecule has 1 fully saturated rings. The van der Waals surface area contributed by atoms with Crippen molar-refractivity contribution in [1.29, 1.82) is 5.41 Å². The first-order chi connectivity index (χ1) is 9.20. The normalized spacial score (nSPS) is 21.9. The molecule has 3 rings (SSSR count). The standard InChI is InChI=1S/C15H18N2O2/c16-13-6-7-15(18-8-9-19-15)10-12(13)14(17)11-4-2-1-3-5-11/h1-5,17H,6-10,16H2. The Kier molecular flexibility index (Phi) is 3.12. The topological polar surface area (TPSA) is 68.3 Å². The van der Waals surface area contributed by atoms with E-state index in [1.165, 1.54) is 0 Å². The number of hydrogen-bond donors (Lipinski definition) is 2. The number of ether oxygens (including phenoxy) is 2. The summed E-state index contributed by atoms with van der Waals surface area (Å²) in [6, 6.07) is 9.67. The number of rotatable bonds is 2. The highest BCUT2D eigenvalue weighted by Gasteiger charge is 2.41. The minimum atomic E-state index is -0.542. The van der Waals surface area contributed by atoms with E-state index in [0.717, 1.165) is 29.7 Å². The van der Waals surface area contributed by atoms with E-state index in [1.54, 1.807) is 0 Å².